The molecule has 1 aromatic carbocycles. The van der Waals surface area contributed by atoms with E-state index >= 15 is 0 Å². The van der Waals surface area contributed by atoms with Gasteiger partial charge in [0.05, 0.1) is 12.1 Å². The number of nitrogens with zero attached hydrogens (tertiary/aromatic N) is 3. The number of phenols is 1. The zero-order chi connectivity index (χ0) is 14.0. The van der Waals surface area contributed by atoms with E-state index in [2.05, 4.69) is 37.8 Å². The van der Waals surface area contributed by atoms with E-state index in [1.165, 1.54) is 11.0 Å². The predicted octanol–water partition coefficient (Wildman–Crippen LogP) is 1.70. The first-order valence-electron chi connectivity index (χ1n) is 5.59. The van der Waals surface area contributed by atoms with Gasteiger partial charge >= 0.3 is 0 Å². The summed E-state index contributed by atoms with van der Waals surface area (Å²) in [6.07, 6.45) is 0. The number of hydrogen-bond donors (Lipinski definition) is 2. The second-order valence-electron chi connectivity index (χ2n) is 4.16. The van der Waals surface area contributed by atoms with Crippen molar-refractivity contribution >= 4 is 28.5 Å². The Balaban J connectivity index is 2.16. The van der Waals surface area contributed by atoms with Crippen molar-refractivity contribution in [2.24, 2.45) is 0 Å². The molecule has 100 valence electrons. The second-order valence-corrected chi connectivity index (χ2v) is 5.41. The molecule has 0 unspecified atom stereocenters. The average Bonchev–Trinajstić information content (AvgIpc) is 2.77. The normalized spacial score (nSPS) is 10.5. The summed E-state index contributed by atoms with van der Waals surface area (Å²) in [6, 6.07) is 4.91. The van der Waals surface area contributed by atoms with Crippen molar-refractivity contribution in [1.29, 1.82) is 0 Å². The summed E-state index contributed by atoms with van der Waals surface area (Å²) >= 11 is 2.09. The minimum absolute atomic E-state index is 0.0246. The van der Waals surface area contributed by atoms with Crippen molar-refractivity contribution in [2.75, 3.05) is 7.05 Å². The van der Waals surface area contributed by atoms with Crippen LogP contribution in [0.25, 0.3) is 0 Å². The molecule has 0 atom stereocenters. The van der Waals surface area contributed by atoms with Gasteiger partial charge in [0.1, 0.15) is 11.6 Å². The summed E-state index contributed by atoms with van der Waals surface area (Å²) in [5.41, 5.74) is 0.279. The lowest BCUT2D eigenvalue weighted by Gasteiger charge is -2.16. The van der Waals surface area contributed by atoms with Crippen molar-refractivity contribution in [3.63, 3.8) is 0 Å². The van der Waals surface area contributed by atoms with E-state index in [0.717, 1.165) is 3.57 Å². The lowest BCUT2D eigenvalue weighted by Crippen LogP contribution is -2.26. The summed E-state index contributed by atoms with van der Waals surface area (Å²) < 4.78 is 0.890. The van der Waals surface area contributed by atoms with Gasteiger partial charge in [-0.1, -0.05) is 0 Å². The van der Waals surface area contributed by atoms with Crippen LogP contribution < -0.4 is 0 Å². The maximum Gasteiger partial charge on any atom is 0.257 e. The Hall–Kier alpha value is -1.64. The van der Waals surface area contributed by atoms with Crippen LogP contribution in [0.3, 0.4) is 0 Å². The van der Waals surface area contributed by atoms with Crippen molar-refractivity contribution in [3.05, 3.63) is 39.0 Å². The monoisotopic (exact) mass is 372 g/mol. The molecule has 0 saturated heterocycles. The highest BCUT2D eigenvalue weighted by molar-refractivity contribution is 14.1. The van der Waals surface area contributed by atoms with Crippen LogP contribution in [0.5, 0.6) is 5.75 Å². The third-order valence-corrected chi connectivity index (χ3v) is 3.23. The molecule has 0 aliphatic heterocycles. The van der Waals surface area contributed by atoms with E-state index in [0.29, 0.717) is 11.6 Å². The van der Waals surface area contributed by atoms with Crippen LogP contribution in [0.2, 0.25) is 0 Å². The number of benzene rings is 1. The fraction of sp³-hybridized carbons (Fsp3) is 0.250. The number of phenolic OH excluding ortho intramolecular Hbond substituents is 1. The smallest absolute Gasteiger partial charge is 0.257 e. The maximum absolute atomic E-state index is 12.2. The first-order valence-corrected chi connectivity index (χ1v) is 6.67. The van der Waals surface area contributed by atoms with Crippen LogP contribution in [0.4, 0.5) is 0 Å². The van der Waals surface area contributed by atoms with Crippen LogP contribution in [-0.4, -0.2) is 38.1 Å². The van der Waals surface area contributed by atoms with Gasteiger partial charge in [-0.15, -0.1) is 0 Å². The lowest BCUT2D eigenvalue weighted by molar-refractivity contribution is 0.0778. The van der Waals surface area contributed by atoms with Crippen LogP contribution in [0.15, 0.2) is 18.2 Å². The first kappa shape index (κ1) is 13.8. The number of carbonyl (C=O) groups is 1. The summed E-state index contributed by atoms with van der Waals surface area (Å²) in [6.45, 7) is 2.08. The largest absolute Gasteiger partial charge is 0.507 e. The lowest BCUT2D eigenvalue weighted by atomic mass is 10.2. The third kappa shape index (κ3) is 3.22. The molecule has 0 saturated carbocycles. The van der Waals surface area contributed by atoms with E-state index in [-0.39, 0.29) is 23.8 Å². The molecule has 1 amide bonds. The van der Waals surface area contributed by atoms with Gasteiger partial charge in [-0.25, -0.2) is 4.98 Å². The van der Waals surface area contributed by atoms with E-state index in [1.54, 1.807) is 26.1 Å². The molecule has 1 heterocycles. The molecular weight excluding hydrogens is 359 g/mol. The summed E-state index contributed by atoms with van der Waals surface area (Å²) in [5.74, 6) is 0.952. The van der Waals surface area contributed by atoms with E-state index in [9.17, 15) is 9.90 Å². The number of halogens is 1. The first-order chi connectivity index (χ1) is 8.97. The quantitative estimate of drug-likeness (QED) is 0.804. The van der Waals surface area contributed by atoms with Crippen molar-refractivity contribution in [1.82, 2.24) is 20.1 Å². The van der Waals surface area contributed by atoms with Gasteiger partial charge in [-0.05, 0) is 47.7 Å². The Morgan fingerprint density at radius 1 is 1.53 bits per heavy atom. The van der Waals surface area contributed by atoms with E-state index in [4.69, 9.17) is 0 Å². The third-order valence-electron chi connectivity index (χ3n) is 2.56. The van der Waals surface area contributed by atoms with Crippen molar-refractivity contribution < 1.29 is 9.90 Å². The fourth-order valence-corrected chi connectivity index (χ4v) is 2.12. The Morgan fingerprint density at radius 2 is 2.26 bits per heavy atom. The van der Waals surface area contributed by atoms with Gasteiger partial charge in [-0.2, -0.15) is 5.10 Å². The molecule has 6 nitrogen and oxygen atoms in total. The topological polar surface area (TPSA) is 82.1 Å². The predicted molar refractivity (Wildman–Crippen MR) is 77.7 cm³/mol. The number of rotatable bonds is 3. The number of aromatic hydroxyl groups is 1. The van der Waals surface area contributed by atoms with Crippen LogP contribution >= 0.6 is 22.6 Å². The Labute approximate surface area is 124 Å². The molecule has 0 bridgehead atoms. The number of amides is 1. The van der Waals surface area contributed by atoms with E-state index < -0.39 is 0 Å². The SMILES string of the molecule is Cc1nc(CN(C)C(=O)c2cc(I)ccc2O)n[nH]1. The molecule has 2 aromatic rings. The number of carbonyl (C=O) groups excluding carboxylic acids is 1. The summed E-state index contributed by atoms with van der Waals surface area (Å²) in [7, 11) is 1.65. The zero-order valence-corrected chi connectivity index (χ0v) is 12.7. The number of aryl methyl sites for hydroxylation is 1. The molecule has 2 N–H and O–H groups in total. The van der Waals surface area contributed by atoms with Crippen molar-refractivity contribution in [3.8, 4) is 5.75 Å². The molecular formula is C12H13IN4O2. The fourth-order valence-electron chi connectivity index (χ4n) is 1.63. The number of hydrogen-bond acceptors (Lipinski definition) is 4. The Morgan fingerprint density at radius 3 is 2.89 bits per heavy atom. The minimum Gasteiger partial charge on any atom is -0.507 e. The Bertz CT molecular complexity index is 612. The van der Waals surface area contributed by atoms with Gasteiger partial charge < -0.3 is 10.0 Å². The maximum atomic E-state index is 12.2. The Kier molecular flexibility index (Phi) is 4.03. The minimum atomic E-state index is -0.265. The van der Waals surface area contributed by atoms with Gasteiger partial charge in [0.25, 0.3) is 5.91 Å². The molecule has 7 heteroatoms. The number of aromatic nitrogens is 3. The highest BCUT2D eigenvalue weighted by atomic mass is 127. The zero-order valence-electron chi connectivity index (χ0n) is 10.5. The highest BCUT2D eigenvalue weighted by Crippen LogP contribution is 2.21. The van der Waals surface area contributed by atoms with Crippen molar-refractivity contribution in [2.45, 2.75) is 13.5 Å². The molecule has 0 spiro atoms. The van der Waals surface area contributed by atoms with Gasteiger partial charge in [0, 0.05) is 10.6 Å². The molecule has 2 rings (SSSR count). The standard InChI is InChI=1S/C12H13IN4O2/c1-7-14-11(16-15-7)6-17(2)12(19)9-5-8(13)3-4-10(9)18/h3-5,18H,6H2,1-2H3,(H,14,15,16). The van der Waals surface area contributed by atoms with Crippen LogP contribution in [-0.2, 0) is 6.54 Å². The number of nitrogens with one attached hydrogen (secondary N) is 1. The highest BCUT2D eigenvalue weighted by Gasteiger charge is 2.17. The van der Waals surface area contributed by atoms with Gasteiger partial charge in [0.2, 0.25) is 0 Å². The number of H-pyrrole nitrogens is 1. The second kappa shape index (κ2) is 5.55. The summed E-state index contributed by atoms with van der Waals surface area (Å²) in [5, 5.41) is 16.4. The summed E-state index contributed by atoms with van der Waals surface area (Å²) in [4.78, 5) is 17.8. The molecule has 1 aromatic heterocycles. The van der Waals surface area contributed by atoms with Gasteiger partial charge in [-0.3, -0.25) is 9.89 Å². The molecule has 19 heavy (non-hydrogen) atoms. The average molecular weight is 372 g/mol. The molecule has 0 fully saturated rings. The van der Waals surface area contributed by atoms with Crippen LogP contribution in [0.1, 0.15) is 22.0 Å². The molecule has 0 aliphatic carbocycles. The number of aromatic amines is 1. The van der Waals surface area contributed by atoms with Crippen LogP contribution in [0, 0.1) is 10.5 Å². The van der Waals surface area contributed by atoms with Gasteiger partial charge in [0.15, 0.2) is 5.82 Å². The molecule has 0 radical (unpaired) electrons. The molecule has 0 aliphatic rings. The van der Waals surface area contributed by atoms with E-state index in [1.807, 2.05) is 0 Å².